The molecule has 0 fully saturated rings. The van der Waals surface area contributed by atoms with E-state index in [9.17, 15) is 9.90 Å². The van der Waals surface area contributed by atoms with Gasteiger partial charge in [-0.2, -0.15) is 0 Å². The molecule has 2 rings (SSSR count). The van der Waals surface area contributed by atoms with E-state index in [1.54, 1.807) is 48.5 Å². The predicted molar refractivity (Wildman–Crippen MR) is 86.8 cm³/mol. The van der Waals surface area contributed by atoms with E-state index in [4.69, 9.17) is 4.74 Å². The number of aliphatic hydroxyl groups excluding tert-OH is 1. The number of amides is 1. The molecule has 2 N–H and O–H groups in total. The van der Waals surface area contributed by atoms with Gasteiger partial charge in [-0.15, -0.1) is 0 Å². The maximum absolute atomic E-state index is 12.1. The molecule has 0 radical (unpaired) electrons. The van der Waals surface area contributed by atoms with Crippen molar-refractivity contribution in [3.8, 4) is 5.75 Å². The van der Waals surface area contributed by atoms with Crippen molar-refractivity contribution in [2.75, 3.05) is 11.9 Å². The number of hydrogen-bond acceptors (Lipinski definition) is 3. The summed E-state index contributed by atoms with van der Waals surface area (Å²) in [6.07, 6.45) is -1.21. The maximum atomic E-state index is 12.1. The minimum atomic E-state index is -1.21. The van der Waals surface area contributed by atoms with Crippen LogP contribution in [0.15, 0.2) is 66.7 Å². The number of aliphatic hydroxyl groups is 1. The smallest absolute Gasteiger partial charge is 0.257 e. The molecule has 1 unspecified atom stereocenters. The molecule has 114 valence electrons. The number of hydrogen-bond donors (Lipinski definition) is 2. The zero-order valence-electron chi connectivity index (χ0n) is 12.5. The number of carbonyl (C=O) groups is 1. The van der Waals surface area contributed by atoms with E-state index in [0.717, 1.165) is 5.57 Å². The number of benzene rings is 2. The van der Waals surface area contributed by atoms with Crippen LogP contribution in [0.3, 0.4) is 0 Å². The topological polar surface area (TPSA) is 58.6 Å². The maximum Gasteiger partial charge on any atom is 0.257 e. The van der Waals surface area contributed by atoms with Gasteiger partial charge in [0.15, 0.2) is 6.10 Å². The van der Waals surface area contributed by atoms with Crippen molar-refractivity contribution >= 4 is 11.6 Å². The van der Waals surface area contributed by atoms with Crippen molar-refractivity contribution in [3.05, 3.63) is 72.3 Å². The van der Waals surface area contributed by atoms with Crippen LogP contribution < -0.4 is 10.1 Å². The molecule has 0 aliphatic carbocycles. The minimum absolute atomic E-state index is 0.421. The molecule has 0 spiro atoms. The Labute approximate surface area is 130 Å². The first-order valence-electron chi connectivity index (χ1n) is 6.97. The summed E-state index contributed by atoms with van der Waals surface area (Å²) in [7, 11) is 0. The van der Waals surface area contributed by atoms with Crippen LogP contribution in [0.4, 0.5) is 5.69 Å². The first-order chi connectivity index (χ1) is 10.6. The lowest BCUT2D eigenvalue weighted by Crippen LogP contribution is -2.20. The predicted octanol–water partition coefficient (Wildman–Crippen LogP) is 3.31. The molecule has 4 nitrogen and oxygen atoms in total. The van der Waals surface area contributed by atoms with Crippen molar-refractivity contribution in [3.63, 3.8) is 0 Å². The molecule has 0 aliphatic heterocycles. The van der Waals surface area contributed by atoms with Gasteiger partial charge < -0.3 is 15.2 Å². The van der Waals surface area contributed by atoms with Crippen molar-refractivity contribution in [2.24, 2.45) is 0 Å². The van der Waals surface area contributed by atoms with Gasteiger partial charge in [0.1, 0.15) is 12.4 Å². The highest BCUT2D eigenvalue weighted by Crippen LogP contribution is 2.20. The molecule has 0 saturated heterocycles. The average Bonchev–Trinajstić information content (AvgIpc) is 2.53. The van der Waals surface area contributed by atoms with Gasteiger partial charge >= 0.3 is 0 Å². The van der Waals surface area contributed by atoms with Gasteiger partial charge in [-0.05, 0) is 30.2 Å². The summed E-state index contributed by atoms with van der Waals surface area (Å²) in [6.45, 7) is 6.07. The second-order valence-electron chi connectivity index (χ2n) is 5.08. The van der Waals surface area contributed by atoms with Crippen LogP contribution in [0, 0.1) is 0 Å². The highest BCUT2D eigenvalue weighted by molar-refractivity contribution is 5.94. The first-order valence-corrected chi connectivity index (χ1v) is 6.97. The molecule has 0 aliphatic rings. The van der Waals surface area contributed by atoms with Gasteiger partial charge in [-0.3, -0.25) is 4.79 Å². The summed E-state index contributed by atoms with van der Waals surface area (Å²) in [5, 5.41) is 12.7. The quantitative estimate of drug-likeness (QED) is 0.804. The van der Waals surface area contributed by atoms with Gasteiger partial charge in [0, 0.05) is 11.8 Å². The van der Waals surface area contributed by atoms with Crippen molar-refractivity contribution < 1.29 is 14.6 Å². The molecule has 4 heteroatoms. The van der Waals surface area contributed by atoms with E-state index in [1.807, 2.05) is 13.0 Å². The summed E-state index contributed by atoms with van der Waals surface area (Å²) in [5.41, 5.74) is 2.03. The molecule has 2 aromatic rings. The van der Waals surface area contributed by atoms with E-state index in [-0.39, 0.29) is 0 Å². The van der Waals surface area contributed by atoms with E-state index in [2.05, 4.69) is 11.9 Å². The van der Waals surface area contributed by atoms with Crippen molar-refractivity contribution in [1.82, 2.24) is 0 Å². The molecule has 0 saturated carbocycles. The Hall–Kier alpha value is -2.59. The van der Waals surface area contributed by atoms with Crippen molar-refractivity contribution in [2.45, 2.75) is 13.0 Å². The van der Waals surface area contributed by atoms with Crippen LogP contribution in [0.25, 0.3) is 0 Å². The number of ether oxygens (including phenoxy) is 1. The third kappa shape index (κ3) is 4.46. The van der Waals surface area contributed by atoms with Crippen LogP contribution >= 0.6 is 0 Å². The van der Waals surface area contributed by atoms with E-state index in [1.165, 1.54) is 0 Å². The number of nitrogens with one attached hydrogen (secondary N) is 1. The highest BCUT2D eigenvalue weighted by Gasteiger charge is 2.17. The highest BCUT2D eigenvalue weighted by atomic mass is 16.5. The van der Waals surface area contributed by atoms with Crippen LogP contribution in [-0.4, -0.2) is 17.6 Å². The Kier molecular flexibility index (Phi) is 5.33. The third-order valence-electron chi connectivity index (χ3n) is 2.95. The zero-order valence-corrected chi connectivity index (χ0v) is 12.5. The van der Waals surface area contributed by atoms with Crippen molar-refractivity contribution in [1.29, 1.82) is 0 Å². The number of rotatable bonds is 6. The van der Waals surface area contributed by atoms with Gasteiger partial charge in [0.25, 0.3) is 5.91 Å². The summed E-state index contributed by atoms with van der Waals surface area (Å²) in [5.74, 6) is 0.151. The SMILES string of the molecule is C=C(C)COc1cccc(NC(=O)C(O)c2ccccc2)c1. The summed E-state index contributed by atoms with van der Waals surface area (Å²) in [6, 6.07) is 15.8. The normalized spacial score (nSPS) is 11.5. The van der Waals surface area contributed by atoms with Crippen LogP contribution in [0.2, 0.25) is 0 Å². The van der Waals surface area contributed by atoms with E-state index < -0.39 is 12.0 Å². The minimum Gasteiger partial charge on any atom is -0.489 e. The molecule has 0 bridgehead atoms. The monoisotopic (exact) mass is 297 g/mol. The largest absolute Gasteiger partial charge is 0.489 e. The second-order valence-corrected chi connectivity index (χ2v) is 5.08. The second kappa shape index (κ2) is 7.43. The first kappa shape index (κ1) is 15.8. The Morgan fingerprint density at radius 2 is 1.95 bits per heavy atom. The molecule has 22 heavy (non-hydrogen) atoms. The lowest BCUT2D eigenvalue weighted by molar-refractivity contribution is -0.124. The number of carbonyl (C=O) groups excluding carboxylic acids is 1. The van der Waals surface area contributed by atoms with Crippen LogP contribution in [0.1, 0.15) is 18.6 Å². The molecule has 2 aromatic carbocycles. The molecule has 1 amide bonds. The molecular formula is C18H19NO3. The van der Waals surface area contributed by atoms with E-state index in [0.29, 0.717) is 23.6 Å². The fourth-order valence-corrected chi connectivity index (χ4v) is 1.87. The fraction of sp³-hybridized carbons (Fsp3) is 0.167. The molecule has 0 aromatic heterocycles. The summed E-state index contributed by atoms with van der Waals surface area (Å²) >= 11 is 0. The Morgan fingerprint density at radius 3 is 2.64 bits per heavy atom. The Bertz CT molecular complexity index is 652. The number of anilines is 1. The van der Waals surface area contributed by atoms with Gasteiger partial charge in [-0.1, -0.05) is 43.0 Å². The van der Waals surface area contributed by atoms with E-state index >= 15 is 0 Å². The molecule has 1 atom stereocenters. The van der Waals surface area contributed by atoms with Crippen LogP contribution in [-0.2, 0) is 4.79 Å². The lowest BCUT2D eigenvalue weighted by atomic mass is 10.1. The van der Waals surface area contributed by atoms with Gasteiger partial charge in [-0.25, -0.2) is 0 Å². The molecule has 0 heterocycles. The fourth-order valence-electron chi connectivity index (χ4n) is 1.87. The lowest BCUT2D eigenvalue weighted by Gasteiger charge is -2.13. The summed E-state index contributed by atoms with van der Waals surface area (Å²) < 4.78 is 5.52. The standard InChI is InChI=1S/C18H19NO3/c1-13(2)12-22-16-10-6-9-15(11-16)19-18(21)17(20)14-7-4-3-5-8-14/h3-11,17,20H,1,12H2,2H3,(H,19,21). The Morgan fingerprint density at radius 1 is 1.23 bits per heavy atom. The third-order valence-corrected chi connectivity index (χ3v) is 2.95. The zero-order chi connectivity index (χ0) is 15.9. The van der Waals surface area contributed by atoms with Crippen LogP contribution in [0.5, 0.6) is 5.75 Å². The van der Waals surface area contributed by atoms with Gasteiger partial charge in [0.05, 0.1) is 0 Å². The van der Waals surface area contributed by atoms with Gasteiger partial charge in [0.2, 0.25) is 0 Å². The molecular weight excluding hydrogens is 278 g/mol. The summed E-state index contributed by atoms with van der Waals surface area (Å²) in [4.78, 5) is 12.1. The average molecular weight is 297 g/mol. The Balaban J connectivity index is 2.02.